The summed E-state index contributed by atoms with van der Waals surface area (Å²) in [7, 11) is -3.92. The van der Waals surface area contributed by atoms with Crippen LogP contribution in [0.15, 0.2) is 71.6 Å². The maximum Gasteiger partial charge on any atom is 0.261 e. The first kappa shape index (κ1) is 19.1. The summed E-state index contributed by atoms with van der Waals surface area (Å²) in [5.41, 5.74) is 3.70. The van der Waals surface area contributed by atoms with Gasteiger partial charge in [-0.2, -0.15) is 0 Å². The first-order valence-electron chi connectivity index (χ1n) is 9.22. The molecule has 0 saturated carbocycles. The molecule has 1 aliphatic carbocycles. The van der Waals surface area contributed by atoms with Crippen LogP contribution < -0.4 is 10.0 Å². The van der Waals surface area contributed by atoms with Gasteiger partial charge in [0.05, 0.1) is 4.90 Å². The minimum atomic E-state index is -3.92. The quantitative estimate of drug-likeness (QED) is 0.656. The molecule has 1 amide bonds. The van der Waals surface area contributed by atoms with Gasteiger partial charge in [-0.3, -0.25) is 9.52 Å². The molecule has 0 unspecified atom stereocenters. The van der Waals surface area contributed by atoms with Gasteiger partial charge < -0.3 is 5.32 Å². The van der Waals surface area contributed by atoms with E-state index in [1.54, 1.807) is 6.07 Å². The van der Waals surface area contributed by atoms with Crippen molar-refractivity contribution < 1.29 is 17.6 Å². The van der Waals surface area contributed by atoms with Crippen molar-refractivity contribution >= 4 is 27.3 Å². The third kappa shape index (κ3) is 4.30. The van der Waals surface area contributed by atoms with Crippen LogP contribution in [-0.2, 0) is 22.9 Å². The van der Waals surface area contributed by atoms with Crippen molar-refractivity contribution in [3.8, 4) is 0 Å². The fraction of sp³-hybridized carbons (Fsp3) is 0.136. The summed E-state index contributed by atoms with van der Waals surface area (Å²) in [6.45, 7) is 0. The molecule has 1 aliphatic rings. The summed E-state index contributed by atoms with van der Waals surface area (Å²) in [6, 6.07) is 16.6. The third-order valence-corrected chi connectivity index (χ3v) is 6.24. The van der Waals surface area contributed by atoms with Crippen molar-refractivity contribution in [3.05, 3.63) is 89.2 Å². The standard InChI is InChI=1S/C22H19FN2O3S/c23-18-8-11-19(12-9-18)25-29(27,28)21-6-2-5-17(14-21)22(26)24-20-10-7-15-3-1-4-16(15)13-20/h2,5-14,25H,1,3-4H2,(H,24,26). The number of anilines is 2. The Bertz CT molecular complexity index is 1170. The topological polar surface area (TPSA) is 75.3 Å². The lowest BCUT2D eigenvalue weighted by Gasteiger charge is -2.10. The second kappa shape index (κ2) is 7.67. The average Bonchev–Trinajstić information content (AvgIpc) is 3.17. The third-order valence-electron chi connectivity index (χ3n) is 4.86. The highest BCUT2D eigenvalue weighted by molar-refractivity contribution is 7.92. The molecule has 0 spiro atoms. The van der Waals surface area contributed by atoms with E-state index in [0.717, 1.165) is 19.3 Å². The number of halogens is 1. The van der Waals surface area contributed by atoms with Gasteiger partial charge in [0.25, 0.3) is 15.9 Å². The number of nitrogens with one attached hydrogen (secondary N) is 2. The Morgan fingerprint density at radius 2 is 1.59 bits per heavy atom. The van der Waals surface area contributed by atoms with Crippen molar-refractivity contribution in [2.75, 3.05) is 10.0 Å². The summed E-state index contributed by atoms with van der Waals surface area (Å²) >= 11 is 0. The summed E-state index contributed by atoms with van der Waals surface area (Å²) in [5, 5.41) is 2.83. The first-order chi connectivity index (χ1) is 13.9. The molecule has 4 rings (SSSR count). The average molecular weight is 410 g/mol. The van der Waals surface area contributed by atoms with E-state index in [4.69, 9.17) is 0 Å². The minimum absolute atomic E-state index is 0.0524. The summed E-state index contributed by atoms with van der Waals surface area (Å²) < 4.78 is 40.6. The van der Waals surface area contributed by atoms with Crippen molar-refractivity contribution in [1.29, 1.82) is 0 Å². The molecule has 0 atom stereocenters. The van der Waals surface area contributed by atoms with Gasteiger partial charge in [-0.15, -0.1) is 0 Å². The van der Waals surface area contributed by atoms with Crippen LogP contribution >= 0.6 is 0 Å². The van der Waals surface area contributed by atoms with Gasteiger partial charge in [0, 0.05) is 16.9 Å². The first-order valence-corrected chi connectivity index (χ1v) is 10.7. The van der Waals surface area contributed by atoms with Gasteiger partial charge >= 0.3 is 0 Å². The largest absolute Gasteiger partial charge is 0.322 e. The number of sulfonamides is 1. The van der Waals surface area contributed by atoms with E-state index in [-0.39, 0.29) is 22.1 Å². The predicted molar refractivity (Wildman–Crippen MR) is 110 cm³/mol. The highest BCUT2D eigenvalue weighted by Gasteiger charge is 2.17. The molecule has 2 N–H and O–H groups in total. The zero-order chi connectivity index (χ0) is 20.4. The molecule has 0 bridgehead atoms. The zero-order valence-electron chi connectivity index (χ0n) is 15.5. The van der Waals surface area contributed by atoms with Crippen LogP contribution in [0.2, 0.25) is 0 Å². The van der Waals surface area contributed by atoms with Crippen molar-refractivity contribution in [2.45, 2.75) is 24.2 Å². The number of fused-ring (bicyclic) bond motifs is 1. The van der Waals surface area contributed by atoms with Crippen LogP contribution in [0, 0.1) is 5.82 Å². The minimum Gasteiger partial charge on any atom is -0.322 e. The second-order valence-corrected chi connectivity index (χ2v) is 8.61. The molecular formula is C22H19FN2O3S. The molecule has 0 saturated heterocycles. The second-order valence-electron chi connectivity index (χ2n) is 6.93. The molecule has 0 aromatic heterocycles. The van der Waals surface area contributed by atoms with Gasteiger partial charge in [0.2, 0.25) is 0 Å². The number of carbonyl (C=O) groups excluding carboxylic acids is 1. The Morgan fingerprint density at radius 3 is 2.38 bits per heavy atom. The molecule has 0 aliphatic heterocycles. The number of aryl methyl sites for hydroxylation is 2. The lowest BCUT2D eigenvalue weighted by molar-refractivity contribution is 0.102. The van der Waals surface area contributed by atoms with Gasteiger partial charge in [0.15, 0.2) is 0 Å². The Kier molecular flexibility index (Phi) is 5.07. The molecule has 3 aromatic carbocycles. The van der Waals surface area contributed by atoms with E-state index >= 15 is 0 Å². The summed E-state index contributed by atoms with van der Waals surface area (Å²) in [6.07, 6.45) is 3.18. The lowest BCUT2D eigenvalue weighted by atomic mass is 10.1. The smallest absolute Gasteiger partial charge is 0.261 e. The van der Waals surface area contributed by atoms with Gasteiger partial charge in [-0.25, -0.2) is 12.8 Å². The lowest BCUT2D eigenvalue weighted by Crippen LogP contribution is -2.16. The van der Waals surface area contributed by atoms with E-state index in [0.29, 0.717) is 5.69 Å². The Morgan fingerprint density at radius 1 is 0.862 bits per heavy atom. The molecule has 148 valence electrons. The summed E-state index contributed by atoms with van der Waals surface area (Å²) in [4.78, 5) is 12.6. The number of amides is 1. The number of benzene rings is 3. The van der Waals surface area contributed by atoms with Gasteiger partial charge in [-0.1, -0.05) is 12.1 Å². The Labute approximate surface area is 168 Å². The van der Waals surface area contributed by atoms with Gasteiger partial charge in [0.1, 0.15) is 5.82 Å². The SMILES string of the molecule is O=C(Nc1ccc2c(c1)CCC2)c1cccc(S(=O)(=O)Nc2ccc(F)cc2)c1. The van der Waals surface area contributed by atoms with Crippen LogP contribution in [0.1, 0.15) is 27.9 Å². The monoisotopic (exact) mass is 410 g/mol. The molecule has 3 aromatic rings. The fourth-order valence-electron chi connectivity index (χ4n) is 3.39. The van der Waals surface area contributed by atoms with E-state index < -0.39 is 15.8 Å². The van der Waals surface area contributed by atoms with Gasteiger partial charge in [-0.05, 0) is 85.0 Å². The van der Waals surface area contributed by atoms with E-state index in [1.165, 1.54) is 53.6 Å². The highest BCUT2D eigenvalue weighted by Crippen LogP contribution is 2.25. The Balaban J connectivity index is 1.53. The fourth-order valence-corrected chi connectivity index (χ4v) is 4.49. The number of rotatable bonds is 5. The maximum absolute atomic E-state index is 13.0. The number of hydrogen-bond acceptors (Lipinski definition) is 3. The molecule has 7 heteroatoms. The van der Waals surface area contributed by atoms with Crippen LogP contribution in [0.25, 0.3) is 0 Å². The molecule has 0 radical (unpaired) electrons. The van der Waals surface area contributed by atoms with E-state index in [9.17, 15) is 17.6 Å². The normalized spacial score (nSPS) is 13.0. The predicted octanol–water partition coefficient (Wildman–Crippen LogP) is 4.37. The molecular weight excluding hydrogens is 391 g/mol. The van der Waals surface area contributed by atoms with E-state index in [2.05, 4.69) is 10.0 Å². The Hall–Kier alpha value is -3.19. The molecule has 0 fully saturated rings. The summed E-state index contributed by atoms with van der Waals surface area (Å²) in [5.74, 6) is -0.847. The number of carbonyl (C=O) groups is 1. The van der Waals surface area contributed by atoms with Crippen LogP contribution in [-0.4, -0.2) is 14.3 Å². The number of hydrogen-bond donors (Lipinski definition) is 2. The highest BCUT2D eigenvalue weighted by atomic mass is 32.2. The molecule has 29 heavy (non-hydrogen) atoms. The van der Waals surface area contributed by atoms with Crippen molar-refractivity contribution in [3.63, 3.8) is 0 Å². The van der Waals surface area contributed by atoms with E-state index in [1.807, 2.05) is 18.2 Å². The maximum atomic E-state index is 13.0. The van der Waals surface area contributed by atoms with Crippen LogP contribution in [0.3, 0.4) is 0 Å². The zero-order valence-corrected chi connectivity index (χ0v) is 16.3. The van der Waals surface area contributed by atoms with Crippen molar-refractivity contribution in [1.82, 2.24) is 0 Å². The molecule has 5 nitrogen and oxygen atoms in total. The molecule has 0 heterocycles. The van der Waals surface area contributed by atoms with Crippen LogP contribution in [0.4, 0.5) is 15.8 Å². The van der Waals surface area contributed by atoms with Crippen molar-refractivity contribution in [2.24, 2.45) is 0 Å². The van der Waals surface area contributed by atoms with Crippen LogP contribution in [0.5, 0.6) is 0 Å².